The molecule has 0 heterocycles. The van der Waals surface area contributed by atoms with Crippen molar-refractivity contribution in [2.24, 2.45) is 0 Å². The van der Waals surface area contributed by atoms with E-state index >= 15 is 0 Å². The summed E-state index contributed by atoms with van der Waals surface area (Å²) < 4.78 is 25.0. The third-order valence-corrected chi connectivity index (χ3v) is 2.71. The number of Topliss-reactive ketones (excluding diaryl/α,β-unsaturated/α-hetero) is 1. The monoisotopic (exact) mass is 260 g/mol. The highest BCUT2D eigenvalue weighted by Crippen LogP contribution is 2.24. The van der Waals surface area contributed by atoms with Gasteiger partial charge in [0.2, 0.25) is 5.78 Å². The number of carbonyl (C=O) groups is 1. The minimum absolute atomic E-state index is 0.00103. The van der Waals surface area contributed by atoms with E-state index in [9.17, 15) is 13.6 Å². The van der Waals surface area contributed by atoms with E-state index in [0.29, 0.717) is 5.56 Å². The van der Waals surface area contributed by atoms with Crippen LogP contribution in [0.15, 0.2) is 24.3 Å². The third-order valence-electron chi connectivity index (χ3n) is 2.50. The maximum atomic E-state index is 12.5. The Labute approximate surface area is 105 Å². The van der Waals surface area contributed by atoms with E-state index < -0.39 is 11.2 Å². The van der Waals surface area contributed by atoms with Gasteiger partial charge in [-0.15, -0.1) is 0 Å². The zero-order valence-corrected chi connectivity index (χ0v) is 10.8. The first-order valence-corrected chi connectivity index (χ1v) is 5.68. The minimum Gasteiger partial charge on any atom is -0.291 e. The lowest BCUT2D eigenvalue weighted by molar-refractivity contribution is -0.132. The lowest BCUT2D eigenvalue weighted by Gasteiger charge is -2.19. The summed E-state index contributed by atoms with van der Waals surface area (Å²) in [6.07, 6.45) is -0.346. The first-order valence-electron chi connectivity index (χ1n) is 5.30. The molecule has 0 N–H and O–H groups in total. The van der Waals surface area contributed by atoms with Gasteiger partial charge in [-0.1, -0.05) is 45.0 Å². The molecular weight excluding hydrogens is 246 g/mol. The van der Waals surface area contributed by atoms with Crippen LogP contribution in [0.4, 0.5) is 8.78 Å². The molecule has 1 rings (SSSR count). The number of alkyl halides is 3. The Balaban J connectivity index is 2.80. The van der Waals surface area contributed by atoms with E-state index in [1.54, 1.807) is 12.1 Å². The molecular formula is C13H15ClF2O. The predicted molar refractivity (Wildman–Crippen MR) is 64.7 cm³/mol. The van der Waals surface area contributed by atoms with Gasteiger partial charge in [-0.2, -0.15) is 8.78 Å². The maximum absolute atomic E-state index is 12.5. The molecule has 0 aromatic heterocycles. The summed E-state index contributed by atoms with van der Waals surface area (Å²) in [5.74, 6) is -1.28. The van der Waals surface area contributed by atoms with E-state index in [4.69, 9.17) is 0 Å². The topological polar surface area (TPSA) is 17.1 Å². The summed E-state index contributed by atoms with van der Waals surface area (Å²) in [7, 11) is 0. The Bertz CT molecular complexity index is 399. The van der Waals surface area contributed by atoms with Crippen molar-refractivity contribution in [3.63, 3.8) is 0 Å². The first kappa shape index (κ1) is 14.1. The average Bonchev–Trinajstić information content (AvgIpc) is 2.15. The highest BCUT2D eigenvalue weighted by atomic mass is 35.5. The molecule has 0 radical (unpaired) electrons. The lowest BCUT2D eigenvalue weighted by Crippen LogP contribution is -2.23. The molecule has 94 valence electrons. The normalized spacial score (nSPS) is 12.6. The summed E-state index contributed by atoms with van der Waals surface area (Å²) in [4.78, 5) is 11.0. The van der Waals surface area contributed by atoms with Gasteiger partial charge in [0, 0.05) is 6.42 Å². The van der Waals surface area contributed by atoms with Crippen LogP contribution in [-0.2, 0) is 16.6 Å². The molecule has 17 heavy (non-hydrogen) atoms. The zero-order chi connectivity index (χ0) is 13.3. The molecule has 0 saturated carbocycles. The first-order chi connectivity index (χ1) is 7.60. The van der Waals surface area contributed by atoms with Crippen molar-refractivity contribution in [3.05, 3.63) is 35.4 Å². The van der Waals surface area contributed by atoms with Gasteiger partial charge in [0.15, 0.2) is 0 Å². The molecule has 0 fully saturated rings. The van der Waals surface area contributed by atoms with E-state index in [1.807, 2.05) is 12.1 Å². The average molecular weight is 261 g/mol. The van der Waals surface area contributed by atoms with Gasteiger partial charge in [-0.25, -0.2) is 0 Å². The Morgan fingerprint density at radius 3 is 2.00 bits per heavy atom. The number of rotatable bonds is 3. The molecule has 4 heteroatoms. The summed E-state index contributed by atoms with van der Waals surface area (Å²) in [5.41, 5.74) is 1.63. The lowest BCUT2D eigenvalue weighted by atomic mass is 9.86. The highest BCUT2D eigenvalue weighted by molar-refractivity contribution is 6.32. The Kier molecular flexibility index (Phi) is 3.92. The van der Waals surface area contributed by atoms with Gasteiger partial charge in [0.25, 0.3) is 0 Å². The van der Waals surface area contributed by atoms with Crippen LogP contribution in [0.3, 0.4) is 0 Å². The number of benzene rings is 1. The summed E-state index contributed by atoms with van der Waals surface area (Å²) >= 11 is 4.65. The fraction of sp³-hybridized carbons (Fsp3) is 0.462. The van der Waals surface area contributed by atoms with Crippen LogP contribution in [0.1, 0.15) is 31.9 Å². The number of hydrogen-bond acceptors (Lipinski definition) is 1. The second kappa shape index (κ2) is 4.73. The summed E-state index contributed by atoms with van der Waals surface area (Å²) in [5, 5.41) is -3.78. The molecule has 0 aliphatic carbocycles. The molecule has 1 nitrogen and oxygen atoms in total. The van der Waals surface area contributed by atoms with E-state index in [-0.39, 0.29) is 11.8 Å². The van der Waals surface area contributed by atoms with E-state index in [2.05, 4.69) is 32.4 Å². The van der Waals surface area contributed by atoms with Gasteiger partial charge in [0.1, 0.15) is 0 Å². The second-order valence-corrected chi connectivity index (χ2v) is 5.52. The largest absolute Gasteiger partial charge is 0.380 e. The van der Waals surface area contributed by atoms with Crippen LogP contribution in [0.2, 0.25) is 0 Å². The van der Waals surface area contributed by atoms with Crippen molar-refractivity contribution in [1.29, 1.82) is 0 Å². The van der Waals surface area contributed by atoms with Crippen LogP contribution in [0, 0.1) is 0 Å². The SMILES string of the molecule is CC(C)(C)c1ccc(CC(=O)C(F)(F)Cl)cc1. The van der Waals surface area contributed by atoms with Crippen LogP contribution >= 0.6 is 11.6 Å². The molecule has 1 aromatic rings. The maximum Gasteiger partial charge on any atom is 0.380 e. The minimum atomic E-state index is -3.78. The molecule has 0 aliphatic rings. The van der Waals surface area contributed by atoms with Gasteiger partial charge in [-0.3, -0.25) is 4.79 Å². The van der Waals surface area contributed by atoms with Gasteiger partial charge in [0.05, 0.1) is 0 Å². The Hall–Kier alpha value is -0.960. The van der Waals surface area contributed by atoms with Crippen LogP contribution in [0.5, 0.6) is 0 Å². The van der Waals surface area contributed by atoms with Crippen molar-refractivity contribution in [2.75, 3.05) is 0 Å². The van der Waals surface area contributed by atoms with Crippen molar-refractivity contribution in [1.82, 2.24) is 0 Å². The molecule has 1 aromatic carbocycles. The molecule has 0 atom stereocenters. The third kappa shape index (κ3) is 4.08. The van der Waals surface area contributed by atoms with Crippen molar-refractivity contribution in [2.45, 2.75) is 38.0 Å². The van der Waals surface area contributed by atoms with Crippen molar-refractivity contribution in [3.8, 4) is 0 Å². The standard InChI is InChI=1S/C13H15ClF2O/c1-12(2,3)10-6-4-9(5-7-10)8-11(17)13(14,15)16/h4-7H,8H2,1-3H3. The molecule has 0 amide bonds. The smallest absolute Gasteiger partial charge is 0.291 e. The number of halogens is 3. The summed E-state index contributed by atoms with van der Waals surface area (Å²) in [6, 6.07) is 7.05. The van der Waals surface area contributed by atoms with Crippen LogP contribution in [0.25, 0.3) is 0 Å². The van der Waals surface area contributed by atoms with Gasteiger partial charge >= 0.3 is 5.38 Å². The summed E-state index contributed by atoms with van der Waals surface area (Å²) in [6.45, 7) is 6.17. The second-order valence-electron chi connectivity index (χ2n) is 5.04. The molecule has 0 saturated heterocycles. The molecule has 0 bridgehead atoms. The van der Waals surface area contributed by atoms with Crippen molar-refractivity contribution < 1.29 is 13.6 Å². The predicted octanol–water partition coefficient (Wildman–Crippen LogP) is 3.93. The number of hydrogen-bond donors (Lipinski definition) is 0. The van der Waals surface area contributed by atoms with E-state index in [1.165, 1.54) is 0 Å². The van der Waals surface area contributed by atoms with Gasteiger partial charge < -0.3 is 0 Å². The van der Waals surface area contributed by atoms with Crippen LogP contribution < -0.4 is 0 Å². The number of ketones is 1. The fourth-order valence-electron chi connectivity index (χ4n) is 1.41. The zero-order valence-electron chi connectivity index (χ0n) is 10.1. The fourth-order valence-corrected chi connectivity index (χ4v) is 1.48. The Morgan fingerprint density at radius 1 is 1.18 bits per heavy atom. The van der Waals surface area contributed by atoms with Gasteiger partial charge in [-0.05, 0) is 28.1 Å². The Morgan fingerprint density at radius 2 is 1.65 bits per heavy atom. The van der Waals surface area contributed by atoms with Crippen LogP contribution in [-0.4, -0.2) is 11.2 Å². The highest BCUT2D eigenvalue weighted by Gasteiger charge is 2.34. The molecule has 0 unspecified atom stereocenters. The quantitative estimate of drug-likeness (QED) is 0.753. The number of carbonyl (C=O) groups excluding carboxylic acids is 1. The van der Waals surface area contributed by atoms with Crippen molar-refractivity contribution >= 4 is 17.4 Å². The molecule has 0 spiro atoms. The van der Waals surface area contributed by atoms with E-state index in [0.717, 1.165) is 5.56 Å². The molecule has 0 aliphatic heterocycles.